The van der Waals surface area contributed by atoms with Crippen LogP contribution in [0.4, 0.5) is 5.69 Å². The van der Waals surface area contributed by atoms with E-state index in [4.69, 9.17) is 10.5 Å². The second-order valence-corrected chi connectivity index (χ2v) is 5.42. The van der Waals surface area contributed by atoms with E-state index in [-0.39, 0.29) is 0 Å². The summed E-state index contributed by atoms with van der Waals surface area (Å²) >= 11 is 1.39. The number of nitrogen functional groups attached to an aromatic ring is 1. The Kier molecular flexibility index (Phi) is 3.50. The van der Waals surface area contributed by atoms with Gasteiger partial charge in [0.2, 0.25) is 5.88 Å². The highest BCUT2D eigenvalue weighted by molar-refractivity contribution is 7.99. The van der Waals surface area contributed by atoms with Crippen LogP contribution in [0.3, 0.4) is 0 Å². The van der Waals surface area contributed by atoms with Crippen molar-refractivity contribution < 1.29 is 4.74 Å². The van der Waals surface area contributed by atoms with E-state index in [0.717, 1.165) is 5.03 Å². The summed E-state index contributed by atoms with van der Waals surface area (Å²) in [6.07, 6.45) is 5.90. The van der Waals surface area contributed by atoms with Crippen LogP contribution < -0.4 is 10.5 Å². The lowest BCUT2D eigenvalue weighted by Crippen LogP contribution is -2.04. The summed E-state index contributed by atoms with van der Waals surface area (Å²) in [4.78, 5) is 12.7. The molecule has 0 spiro atoms. The van der Waals surface area contributed by atoms with Gasteiger partial charge >= 0.3 is 0 Å². The molecule has 0 bridgehead atoms. The highest BCUT2D eigenvalue weighted by Gasteiger charge is 2.22. The number of nitrogens with two attached hydrogens (primary N) is 1. The third kappa shape index (κ3) is 3.35. The van der Waals surface area contributed by atoms with Crippen molar-refractivity contribution >= 4 is 17.4 Å². The van der Waals surface area contributed by atoms with Crippen LogP contribution in [0.15, 0.2) is 40.8 Å². The first kappa shape index (κ1) is 12.2. The predicted molar refractivity (Wildman–Crippen MR) is 73.0 cm³/mol. The highest BCUT2D eigenvalue weighted by atomic mass is 32.2. The van der Waals surface area contributed by atoms with Gasteiger partial charge in [0, 0.05) is 12.4 Å². The molecule has 19 heavy (non-hydrogen) atoms. The molecule has 0 aliphatic heterocycles. The number of nitrogens with zero attached hydrogens (tertiary/aromatic N) is 3. The number of pyridine rings is 1. The molecule has 0 radical (unpaired) electrons. The van der Waals surface area contributed by atoms with Gasteiger partial charge in [-0.3, -0.25) is 0 Å². The van der Waals surface area contributed by atoms with E-state index >= 15 is 0 Å². The van der Waals surface area contributed by atoms with Gasteiger partial charge in [0.05, 0.1) is 12.3 Å². The summed E-state index contributed by atoms with van der Waals surface area (Å²) < 4.78 is 5.65. The van der Waals surface area contributed by atoms with E-state index in [1.807, 2.05) is 6.07 Å². The Morgan fingerprint density at radius 3 is 2.79 bits per heavy atom. The Morgan fingerprint density at radius 2 is 2.05 bits per heavy atom. The summed E-state index contributed by atoms with van der Waals surface area (Å²) in [6, 6.07) is 5.44. The fourth-order valence-corrected chi connectivity index (χ4v) is 2.20. The van der Waals surface area contributed by atoms with E-state index in [9.17, 15) is 0 Å². The van der Waals surface area contributed by atoms with E-state index < -0.39 is 0 Å². The maximum atomic E-state index is 5.86. The van der Waals surface area contributed by atoms with Gasteiger partial charge < -0.3 is 10.5 Å². The summed E-state index contributed by atoms with van der Waals surface area (Å²) in [7, 11) is 0. The van der Waals surface area contributed by atoms with Crippen molar-refractivity contribution in [2.24, 2.45) is 5.92 Å². The van der Waals surface area contributed by atoms with Gasteiger partial charge in [-0.15, -0.1) is 0 Å². The molecule has 1 aliphatic rings. The summed E-state index contributed by atoms with van der Waals surface area (Å²) in [5.41, 5.74) is 6.43. The zero-order chi connectivity index (χ0) is 13.1. The van der Waals surface area contributed by atoms with Gasteiger partial charge in [-0.25, -0.2) is 15.0 Å². The van der Waals surface area contributed by atoms with E-state index in [0.29, 0.717) is 29.2 Å². The minimum atomic E-state index is 0.507. The van der Waals surface area contributed by atoms with Gasteiger partial charge in [0.25, 0.3) is 0 Å². The van der Waals surface area contributed by atoms with E-state index in [1.165, 1.54) is 24.6 Å². The average Bonchev–Trinajstić information content (AvgIpc) is 3.25. The number of ether oxygens (including phenoxy) is 1. The third-order valence-electron chi connectivity index (χ3n) is 2.75. The molecule has 0 amide bonds. The van der Waals surface area contributed by atoms with Crippen molar-refractivity contribution in [1.82, 2.24) is 15.0 Å². The van der Waals surface area contributed by atoms with Crippen LogP contribution in [0.25, 0.3) is 0 Å². The zero-order valence-electron chi connectivity index (χ0n) is 10.3. The molecule has 6 heteroatoms. The Labute approximate surface area is 115 Å². The number of rotatable bonds is 5. The molecule has 2 N–H and O–H groups in total. The predicted octanol–water partition coefficient (Wildman–Crippen LogP) is 2.39. The quantitative estimate of drug-likeness (QED) is 0.844. The van der Waals surface area contributed by atoms with Crippen LogP contribution in [-0.2, 0) is 0 Å². The molecule has 0 saturated heterocycles. The van der Waals surface area contributed by atoms with Gasteiger partial charge in [-0.1, -0.05) is 0 Å². The van der Waals surface area contributed by atoms with Gasteiger partial charge in [0.1, 0.15) is 5.03 Å². The van der Waals surface area contributed by atoms with Crippen LogP contribution >= 0.6 is 11.8 Å². The average molecular weight is 274 g/mol. The SMILES string of the molecule is Nc1ccc(Sc2ncccn2)nc1OCC1CC1. The van der Waals surface area contributed by atoms with Gasteiger partial charge in [0.15, 0.2) is 5.16 Å². The summed E-state index contributed by atoms with van der Waals surface area (Å²) in [5, 5.41) is 1.44. The molecule has 98 valence electrons. The number of hydrogen-bond acceptors (Lipinski definition) is 6. The zero-order valence-corrected chi connectivity index (χ0v) is 11.1. The first-order valence-corrected chi connectivity index (χ1v) is 6.97. The molecule has 1 saturated carbocycles. The second kappa shape index (κ2) is 5.44. The number of anilines is 1. The maximum absolute atomic E-state index is 5.86. The van der Waals surface area contributed by atoms with Crippen LogP contribution in [0.2, 0.25) is 0 Å². The first-order chi connectivity index (χ1) is 9.31. The molecule has 2 aromatic heterocycles. The monoisotopic (exact) mass is 274 g/mol. The molecule has 2 aromatic rings. The largest absolute Gasteiger partial charge is 0.476 e. The lowest BCUT2D eigenvalue weighted by molar-refractivity contribution is 0.288. The smallest absolute Gasteiger partial charge is 0.238 e. The standard InChI is InChI=1S/C13H14N4OS/c14-10-4-5-11(19-13-15-6-1-7-16-13)17-12(10)18-8-9-2-3-9/h1,4-7,9H,2-3,8,14H2. The molecule has 1 aliphatic carbocycles. The topological polar surface area (TPSA) is 73.9 Å². The van der Waals surface area contributed by atoms with E-state index in [1.54, 1.807) is 24.5 Å². The molecule has 5 nitrogen and oxygen atoms in total. The number of aromatic nitrogens is 3. The Morgan fingerprint density at radius 1 is 1.26 bits per heavy atom. The fraction of sp³-hybridized carbons (Fsp3) is 0.308. The summed E-state index contributed by atoms with van der Waals surface area (Å²) in [5.74, 6) is 1.18. The first-order valence-electron chi connectivity index (χ1n) is 6.15. The molecule has 3 rings (SSSR count). The summed E-state index contributed by atoms with van der Waals surface area (Å²) in [6.45, 7) is 0.702. The normalized spacial score (nSPS) is 14.3. The van der Waals surface area contributed by atoms with Crippen LogP contribution in [-0.4, -0.2) is 21.6 Å². The van der Waals surface area contributed by atoms with Crippen LogP contribution in [0.1, 0.15) is 12.8 Å². The van der Waals surface area contributed by atoms with Crippen molar-refractivity contribution in [3.05, 3.63) is 30.6 Å². The maximum Gasteiger partial charge on any atom is 0.238 e. The lowest BCUT2D eigenvalue weighted by Gasteiger charge is -2.08. The Hall–Kier alpha value is -1.82. The van der Waals surface area contributed by atoms with Crippen molar-refractivity contribution in [1.29, 1.82) is 0 Å². The van der Waals surface area contributed by atoms with Crippen molar-refractivity contribution in [3.8, 4) is 5.88 Å². The lowest BCUT2D eigenvalue weighted by atomic mass is 10.4. The highest BCUT2D eigenvalue weighted by Crippen LogP contribution is 2.31. The molecule has 0 atom stereocenters. The molecule has 2 heterocycles. The minimum Gasteiger partial charge on any atom is -0.476 e. The Balaban J connectivity index is 1.72. The Bertz CT molecular complexity index is 560. The number of hydrogen-bond donors (Lipinski definition) is 1. The second-order valence-electron chi connectivity index (χ2n) is 4.43. The van der Waals surface area contributed by atoms with Crippen LogP contribution in [0.5, 0.6) is 5.88 Å². The molecule has 1 fully saturated rings. The van der Waals surface area contributed by atoms with E-state index in [2.05, 4.69) is 15.0 Å². The molecular formula is C13H14N4OS. The third-order valence-corrected chi connectivity index (χ3v) is 3.58. The van der Waals surface area contributed by atoms with Gasteiger partial charge in [-0.05, 0) is 48.7 Å². The van der Waals surface area contributed by atoms with Crippen molar-refractivity contribution in [2.45, 2.75) is 23.0 Å². The molecule has 0 unspecified atom stereocenters. The molecular weight excluding hydrogens is 260 g/mol. The fourth-order valence-electron chi connectivity index (χ4n) is 1.52. The minimum absolute atomic E-state index is 0.507. The van der Waals surface area contributed by atoms with Crippen molar-refractivity contribution in [3.63, 3.8) is 0 Å². The van der Waals surface area contributed by atoms with Crippen LogP contribution in [0, 0.1) is 5.92 Å². The van der Waals surface area contributed by atoms with Gasteiger partial charge in [-0.2, -0.15) is 0 Å². The molecule has 0 aromatic carbocycles. The van der Waals surface area contributed by atoms with Crippen molar-refractivity contribution in [2.75, 3.05) is 12.3 Å².